The van der Waals surface area contributed by atoms with Crippen molar-refractivity contribution in [3.8, 4) is 0 Å². The zero-order valence-electron chi connectivity index (χ0n) is 9.15. The zero-order chi connectivity index (χ0) is 13.3. The molecule has 8 heteroatoms. The molecular weight excluding hydrogens is 232 g/mol. The van der Waals surface area contributed by atoms with Crippen molar-refractivity contribution in [2.75, 3.05) is 0 Å². The second-order valence-corrected chi connectivity index (χ2v) is 3.50. The first-order chi connectivity index (χ1) is 7.77. The van der Waals surface area contributed by atoms with Crippen molar-refractivity contribution in [2.24, 2.45) is 7.05 Å². The van der Waals surface area contributed by atoms with E-state index in [0.29, 0.717) is 0 Å². The Morgan fingerprint density at radius 2 is 1.82 bits per heavy atom. The van der Waals surface area contributed by atoms with Crippen molar-refractivity contribution < 1.29 is 30.0 Å². The average molecular weight is 244 g/mol. The van der Waals surface area contributed by atoms with Crippen LogP contribution in [-0.4, -0.2) is 48.2 Å². The van der Waals surface area contributed by atoms with E-state index in [1.165, 1.54) is 14.0 Å². The van der Waals surface area contributed by atoms with Crippen LogP contribution in [-0.2, 0) is 11.8 Å². The highest BCUT2D eigenvalue weighted by Gasteiger charge is 2.33. The topological polar surface area (TPSA) is 133 Å². The van der Waals surface area contributed by atoms with E-state index < -0.39 is 24.1 Å². The molecule has 0 saturated carbocycles. The van der Waals surface area contributed by atoms with Gasteiger partial charge >= 0.3 is 11.9 Å². The molecule has 8 nitrogen and oxygen atoms in total. The normalized spacial score (nSPS) is 14.4. The molecule has 1 heterocycles. The number of carboxylic acids is 2. The summed E-state index contributed by atoms with van der Waals surface area (Å²) in [5.41, 5.74) is -0.400. The summed E-state index contributed by atoms with van der Waals surface area (Å²) in [6, 6.07) is 0. The van der Waals surface area contributed by atoms with Crippen LogP contribution in [0.1, 0.15) is 27.8 Å². The summed E-state index contributed by atoms with van der Waals surface area (Å²) in [7, 11) is 1.35. The van der Waals surface area contributed by atoms with Crippen molar-refractivity contribution in [1.82, 2.24) is 9.78 Å². The standard InChI is InChI=1S/C9H12N2O6/c1-3-4(6(12)7(13)9(16)17)5(8(14)15)11(2)10-3/h6-7,12-13H,1-2H3,(H,14,15)(H,16,17). The molecule has 0 aromatic carbocycles. The summed E-state index contributed by atoms with van der Waals surface area (Å²) in [5, 5.41) is 40.1. The molecule has 2 atom stereocenters. The maximum atomic E-state index is 11.0. The largest absolute Gasteiger partial charge is 0.479 e. The van der Waals surface area contributed by atoms with Gasteiger partial charge in [0.2, 0.25) is 0 Å². The van der Waals surface area contributed by atoms with E-state index >= 15 is 0 Å². The number of aliphatic carboxylic acids is 1. The van der Waals surface area contributed by atoms with Crippen LogP contribution in [0.25, 0.3) is 0 Å². The number of aliphatic hydroxyl groups excluding tert-OH is 2. The highest BCUT2D eigenvalue weighted by molar-refractivity contribution is 5.88. The number of carbonyl (C=O) groups is 2. The Morgan fingerprint density at radius 1 is 1.29 bits per heavy atom. The molecule has 2 unspecified atom stereocenters. The summed E-state index contributed by atoms with van der Waals surface area (Å²) in [6.07, 6.45) is -3.94. The van der Waals surface area contributed by atoms with E-state index in [-0.39, 0.29) is 17.0 Å². The third-order valence-electron chi connectivity index (χ3n) is 2.32. The molecule has 0 fully saturated rings. The lowest BCUT2D eigenvalue weighted by atomic mass is 10.0. The predicted molar refractivity (Wildman–Crippen MR) is 53.5 cm³/mol. The van der Waals surface area contributed by atoms with Gasteiger partial charge in [0.25, 0.3) is 0 Å². The predicted octanol–water partition coefficient (Wildman–Crippen LogP) is -1.09. The number of nitrogens with zero attached hydrogens (tertiary/aromatic N) is 2. The van der Waals surface area contributed by atoms with Crippen LogP contribution in [0.3, 0.4) is 0 Å². The fourth-order valence-electron chi connectivity index (χ4n) is 1.58. The van der Waals surface area contributed by atoms with Gasteiger partial charge in [0.1, 0.15) is 6.10 Å². The van der Waals surface area contributed by atoms with Crippen molar-refractivity contribution in [1.29, 1.82) is 0 Å². The number of aromatic carboxylic acids is 1. The molecule has 0 saturated heterocycles. The maximum absolute atomic E-state index is 11.0. The van der Waals surface area contributed by atoms with Crippen molar-refractivity contribution in [3.63, 3.8) is 0 Å². The fourth-order valence-corrected chi connectivity index (χ4v) is 1.58. The van der Waals surface area contributed by atoms with Crippen LogP contribution in [0.2, 0.25) is 0 Å². The molecule has 1 rings (SSSR count). The summed E-state index contributed by atoms with van der Waals surface area (Å²) >= 11 is 0. The van der Waals surface area contributed by atoms with E-state index in [0.717, 1.165) is 4.68 Å². The minimum absolute atomic E-state index is 0.151. The third kappa shape index (κ3) is 2.27. The summed E-state index contributed by atoms with van der Waals surface area (Å²) in [6.45, 7) is 1.42. The van der Waals surface area contributed by atoms with Gasteiger partial charge in [-0.3, -0.25) is 4.68 Å². The number of hydrogen-bond donors (Lipinski definition) is 4. The summed E-state index contributed by atoms with van der Waals surface area (Å²) in [4.78, 5) is 21.5. The monoisotopic (exact) mass is 244 g/mol. The molecular formula is C9H12N2O6. The first-order valence-electron chi connectivity index (χ1n) is 4.63. The molecule has 0 amide bonds. The number of carboxylic acid groups (broad SMARTS) is 2. The highest BCUT2D eigenvalue weighted by Crippen LogP contribution is 2.24. The Labute approximate surface area is 95.7 Å². The Bertz CT molecular complexity index is 466. The van der Waals surface area contributed by atoms with Gasteiger partial charge in [0, 0.05) is 12.6 Å². The second kappa shape index (κ2) is 4.52. The molecule has 0 spiro atoms. The zero-order valence-corrected chi connectivity index (χ0v) is 9.15. The third-order valence-corrected chi connectivity index (χ3v) is 2.32. The van der Waals surface area contributed by atoms with E-state index in [2.05, 4.69) is 5.10 Å². The van der Waals surface area contributed by atoms with Crippen molar-refractivity contribution >= 4 is 11.9 Å². The van der Waals surface area contributed by atoms with Crippen LogP contribution in [0, 0.1) is 6.92 Å². The van der Waals surface area contributed by atoms with Gasteiger partial charge in [-0.15, -0.1) is 0 Å². The molecule has 4 N–H and O–H groups in total. The molecule has 17 heavy (non-hydrogen) atoms. The van der Waals surface area contributed by atoms with Gasteiger partial charge in [0.15, 0.2) is 11.8 Å². The van der Waals surface area contributed by atoms with E-state index in [1.807, 2.05) is 0 Å². The molecule has 1 aromatic rings. The van der Waals surface area contributed by atoms with Crippen molar-refractivity contribution in [3.05, 3.63) is 17.0 Å². The number of rotatable bonds is 4. The van der Waals surface area contributed by atoms with Crippen LogP contribution in [0.15, 0.2) is 0 Å². The van der Waals surface area contributed by atoms with Gasteiger partial charge in [-0.2, -0.15) is 5.10 Å². The molecule has 0 bridgehead atoms. The molecule has 0 aliphatic carbocycles. The van der Waals surface area contributed by atoms with Crippen LogP contribution in [0.5, 0.6) is 0 Å². The Balaban J connectivity index is 3.30. The first kappa shape index (κ1) is 13.1. The van der Waals surface area contributed by atoms with Gasteiger partial charge in [-0.25, -0.2) is 9.59 Å². The van der Waals surface area contributed by atoms with Gasteiger partial charge in [0.05, 0.1) is 5.69 Å². The second-order valence-electron chi connectivity index (χ2n) is 3.50. The lowest BCUT2D eigenvalue weighted by Crippen LogP contribution is -2.29. The van der Waals surface area contributed by atoms with E-state index in [1.54, 1.807) is 0 Å². The molecule has 1 aromatic heterocycles. The SMILES string of the molecule is Cc1nn(C)c(C(=O)O)c1C(O)C(O)C(=O)O. The first-order valence-corrected chi connectivity index (χ1v) is 4.63. The molecule has 94 valence electrons. The Morgan fingerprint density at radius 3 is 2.24 bits per heavy atom. The van der Waals surface area contributed by atoms with E-state index in [9.17, 15) is 19.8 Å². The lowest BCUT2D eigenvalue weighted by molar-refractivity contribution is -0.153. The average Bonchev–Trinajstić information content (AvgIpc) is 2.51. The quantitative estimate of drug-likeness (QED) is 0.528. The number of aliphatic hydroxyl groups is 2. The number of hydrogen-bond acceptors (Lipinski definition) is 5. The van der Waals surface area contributed by atoms with Crippen LogP contribution in [0.4, 0.5) is 0 Å². The number of aryl methyl sites for hydroxylation is 2. The van der Waals surface area contributed by atoms with Gasteiger partial charge < -0.3 is 20.4 Å². The van der Waals surface area contributed by atoms with Crippen molar-refractivity contribution in [2.45, 2.75) is 19.1 Å². The fraction of sp³-hybridized carbons (Fsp3) is 0.444. The minimum Gasteiger partial charge on any atom is -0.479 e. The van der Waals surface area contributed by atoms with Crippen LogP contribution >= 0.6 is 0 Å². The summed E-state index contributed by atoms with van der Waals surface area (Å²) in [5.74, 6) is -3.00. The Hall–Kier alpha value is -1.93. The van der Waals surface area contributed by atoms with Gasteiger partial charge in [-0.05, 0) is 6.92 Å². The maximum Gasteiger partial charge on any atom is 0.354 e. The highest BCUT2D eigenvalue weighted by atomic mass is 16.4. The number of aromatic nitrogens is 2. The minimum atomic E-state index is -2.10. The van der Waals surface area contributed by atoms with Gasteiger partial charge in [-0.1, -0.05) is 0 Å². The molecule has 0 radical (unpaired) electrons. The molecule has 0 aliphatic heterocycles. The lowest BCUT2D eigenvalue weighted by Gasteiger charge is -2.14. The molecule has 0 aliphatic rings. The Kier molecular flexibility index (Phi) is 3.49. The van der Waals surface area contributed by atoms with E-state index in [4.69, 9.17) is 10.2 Å². The van der Waals surface area contributed by atoms with Crippen LogP contribution < -0.4 is 0 Å². The smallest absolute Gasteiger partial charge is 0.354 e. The summed E-state index contributed by atoms with van der Waals surface area (Å²) < 4.78 is 1.00.